The first-order valence-corrected chi connectivity index (χ1v) is 14.3. The summed E-state index contributed by atoms with van der Waals surface area (Å²) in [5.74, 6) is 0.949. The monoisotopic (exact) mass is 541 g/mol. The van der Waals surface area contributed by atoms with Crippen LogP contribution in [0.15, 0.2) is 42.5 Å². The van der Waals surface area contributed by atoms with Crippen molar-refractivity contribution in [2.24, 2.45) is 0 Å². The SMILES string of the molecule is CN1C[C@H](COc2nc3c(c(N4CCN[C@@H](CC#N)C4)n2)CCN(c2cccc4ccccc24)C3)OCC1(C)C. The number of ether oxygens (including phenoxy) is 2. The van der Waals surface area contributed by atoms with E-state index in [2.05, 4.69) is 89.4 Å². The minimum atomic E-state index is -0.0347. The van der Waals surface area contributed by atoms with E-state index >= 15 is 0 Å². The van der Waals surface area contributed by atoms with E-state index in [1.54, 1.807) is 0 Å². The van der Waals surface area contributed by atoms with Gasteiger partial charge in [0.05, 0.1) is 31.3 Å². The lowest BCUT2D eigenvalue weighted by molar-refractivity contribution is -0.101. The molecule has 3 aliphatic rings. The molecule has 0 unspecified atom stereocenters. The second-order valence-corrected chi connectivity index (χ2v) is 11.8. The molecular formula is C31H39N7O2. The fourth-order valence-electron chi connectivity index (χ4n) is 5.97. The zero-order valence-corrected chi connectivity index (χ0v) is 23.8. The Hall–Kier alpha value is -3.45. The van der Waals surface area contributed by atoms with Crippen LogP contribution >= 0.6 is 0 Å². The Morgan fingerprint density at radius 1 is 1.10 bits per heavy atom. The summed E-state index contributed by atoms with van der Waals surface area (Å²) in [4.78, 5) is 17.0. The number of aromatic nitrogens is 2. The average Bonchev–Trinajstić information content (AvgIpc) is 2.97. The highest BCUT2D eigenvalue weighted by Gasteiger charge is 2.33. The van der Waals surface area contributed by atoms with E-state index in [0.717, 1.165) is 50.7 Å². The summed E-state index contributed by atoms with van der Waals surface area (Å²) in [5.41, 5.74) is 3.44. The van der Waals surface area contributed by atoms with Crippen LogP contribution in [0.3, 0.4) is 0 Å². The van der Waals surface area contributed by atoms with Gasteiger partial charge in [0.1, 0.15) is 18.5 Å². The van der Waals surface area contributed by atoms with Crippen molar-refractivity contribution in [1.82, 2.24) is 20.2 Å². The minimum Gasteiger partial charge on any atom is -0.461 e. The third kappa shape index (κ3) is 5.44. The van der Waals surface area contributed by atoms with E-state index in [1.807, 2.05) is 0 Å². The maximum Gasteiger partial charge on any atom is 0.318 e. The molecule has 6 rings (SSSR count). The summed E-state index contributed by atoms with van der Waals surface area (Å²) >= 11 is 0. The van der Waals surface area contributed by atoms with Crippen molar-refractivity contribution in [2.45, 2.75) is 50.9 Å². The first-order chi connectivity index (χ1) is 19.4. The van der Waals surface area contributed by atoms with E-state index in [0.29, 0.717) is 32.2 Å². The molecule has 0 spiro atoms. The van der Waals surface area contributed by atoms with Crippen LogP contribution in [0.2, 0.25) is 0 Å². The number of nitriles is 1. The molecule has 0 bridgehead atoms. The van der Waals surface area contributed by atoms with Gasteiger partial charge in [-0.3, -0.25) is 4.90 Å². The Labute approximate surface area is 236 Å². The molecule has 9 heteroatoms. The fraction of sp³-hybridized carbons (Fsp3) is 0.516. The molecule has 3 aromatic rings. The molecule has 4 heterocycles. The van der Waals surface area contributed by atoms with Crippen molar-refractivity contribution in [3.8, 4) is 12.1 Å². The summed E-state index contributed by atoms with van der Waals surface area (Å²) in [6, 6.07) is 17.9. The minimum absolute atomic E-state index is 0.0132. The topological polar surface area (TPSA) is 89.8 Å². The van der Waals surface area contributed by atoms with Crippen molar-refractivity contribution in [1.29, 1.82) is 5.26 Å². The van der Waals surface area contributed by atoms with Crippen LogP contribution in [-0.2, 0) is 17.7 Å². The molecule has 1 aromatic heterocycles. The number of nitrogens with one attached hydrogen (secondary N) is 1. The number of fused-ring (bicyclic) bond motifs is 2. The van der Waals surface area contributed by atoms with Gasteiger partial charge in [-0.1, -0.05) is 36.4 Å². The highest BCUT2D eigenvalue weighted by molar-refractivity contribution is 5.94. The Morgan fingerprint density at radius 2 is 1.95 bits per heavy atom. The van der Waals surface area contributed by atoms with Gasteiger partial charge in [-0.05, 0) is 38.8 Å². The lowest BCUT2D eigenvalue weighted by atomic mass is 10.0. The van der Waals surface area contributed by atoms with Crippen molar-refractivity contribution in [3.05, 3.63) is 53.7 Å². The summed E-state index contributed by atoms with van der Waals surface area (Å²) in [7, 11) is 2.13. The molecule has 0 aliphatic carbocycles. The number of nitrogens with zero attached hydrogens (tertiary/aromatic N) is 6. The Balaban J connectivity index is 1.29. The zero-order chi connectivity index (χ0) is 27.7. The van der Waals surface area contributed by atoms with Crippen molar-refractivity contribution < 1.29 is 9.47 Å². The van der Waals surface area contributed by atoms with Crippen LogP contribution in [0.5, 0.6) is 6.01 Å². The molecule has 0 radical (unpaired) electrons. The van der Waals surface area contributed by atoms with Crippen LogP contribution in [0.1, 0.15) is 31.5 Å². The number of likely N-dealkylation sites (N-methyl/N-ethyl adjacent to an activating group) is 1. The largest absolute Gasteiger partial charge is 0.461 e. The number of morpholine rings is 1. The Kier molecular flexibility index (Phi) is 7.49. The first kappa shape index (κ1) is 26.8. The maximum absolute atomic E-state index is 9.29. The van der Waals surface area contributed by atoms with Gasteiger partial charge < -0.3 is 24.6 Å². The molecule has 3 aliphatic heterocycles. The van der Waals surface area contributed by atoms with E-state index < -0.39 is 0 Å². The van der Waals surface area contributed by atoms with Gasteiger partial charge in [0.15, 0.2) is 0 Å². The van der Waals surface area contributed by atoms with Gasteiger partial charge in [-0.15, -0.1) is 0 Å². The zero-order valence-electron chi connectivity index (χ0n) is 23.8. The van der Waals surface area contributed by atoms with Crippen molar-refractivity contribution in [2.75, 3.05) is 62.8 Å². The van der Waals surface area contributed by atoms with Gasteiger partial charge in [0, 0.05) is 60.9 Å². The second-order valence-electron chi connectivity index (χ2n) is 11.8. The molecule has 2 atom stereocenters. The van der Waals surface area contributed by atoms with Crippen molar-refractivity contribution >= 4 is 22.3 Å². The average molecular weight is 542 g/mol. The molecule has 0 amide bonds. The number of rotatable bonds is 6. The van der Waals surface area contributed by atoms with Crippen LogP contribution in [0.4, 0.5) is 11.5 Å². The molecule has 2 saturated heterocycles. The van der Waals surface area contributed by atoms with Crippen LogP contribution in [-0.4, -0.2) is 85.5 Å². The van der Waals surface area contributed by atoms with Gasteiger partial charge in [0.2, 0.25) is 0 Å². The highest BCUT2D eigenvalue weighted by atomic mass is 16.5. The van der Waals surface area contributed by atoms with E-state index in [4.69, 9.17) is 19.4 Å². The van der Waals surface area contributed by atoms with Gasteiger partial charge in [-0.25, -0.2) is 0 Å². The van der Waals surface area contributed by atoms with Crippen LogP contribution in [0.25, 0.3) is 10.8 Å². The summed E-state index contributed by atoms with van der Waals surface area (Å²) in [5, 5.41) is 15.3. The summed E-state index contributed by atoms with van der Waals surface area (Å²) in [6.07, 6.45) is 1.30. The smallest absolute Gasteiger partial charge is 0.318 e. The first-order valence-electron chi connectivity index (χ1n) is 14.3. The van der Waals surface area contributed by atoms with E-state index in [9.17, 15) is 5.26 Å². The third-order valence-corrected chi connectivity index (χ3v) is 8.60. The van der Waals surface area contributed by atoms with E-state index in [1.165, 1.54) is 22.0 Å². The lowest BCUT2D eigenvalue weighted by Crippen LogP contribution is -2.55. The molecule has 1 N–H and O–H groups in total. The van der Waals surface area contributed by atoms with Crippen LogP contribution < -0.4 is 19.9 Å². The number of benzene rings is 2. The fourth-order valence-corrected chi connectivity index (χ4v) is 5.97. The summed E-state index contributed by atoms with van der Waals surface area (Å²) in [6.45, 7) is 10.2. The predicted octanol–water partition coefficient (Wildman–Crippen LogP) is 3.37. The molecule has 40 heavy (non-hydrogen) atoms. The van der Waals surface area contributed by atoms with Gasteiger partial charge >= 0.3 is 6.01 Å². The summed E-state index contributed by atoms with van der Waals surface area (Å²) < 4.78 is 12.4. The standard InChI is InChI=1S/C31H39N7O2/c1-31(2)21-40-24(18-36(31)3)20-39-30-34-27-19-37(28-10-6-8-22-7-4-5-9-25(22)28)15-12-26(27)29(35-30)38-16-14-33-23(17-38)11-13-32/h4-10,23-24,33H,11-12,14-21H2,1-3H3/t23-,24+/m0/s1. The number of hydrogen-bond donors (Lipinski definition) is 1. The van der Waals surface area contributed by atoms with Crippen LogP contribution in [0, 0.1) is 11.3 Å². The lowest BCUT2D eigenvalue weighted by Gasteiger charge is -2.43. The number of hydrogen-bond acceptors (Lipinski definition) is 9. The maximum atomic E-state index is 9.29. The molecule has 2 aromatic carbocycles. The molecule has 9 nitrogen and oxygen atoms in total. The molecule has 210 valence electrons. The molecule has 2 fully saturated rings. The van der Waals surface area contributed by atoms with E-state index in [-0.39, 0.29) is 17.7 Å². The number of anilines is 2. The second kappa shape index (κ2) is 11.2. The Morgan fingerprint density at radius 3 is 2.80 bits per heavy atom. The normalized spacial score (nSPS) is 23.1. The van der Waals surface area contributed by atoms with Crippen molar-refractivity contribution in [3.63, 3.8) is 0 Å². The predicted molar refractivity (Wildman–Crippen MR) is 157 cm³/mol. The highest BCUT2D eigenvalue weighted by Crippen LogP contribution is 2.34. The molecule has 0 saturated carbocycles. The third-order valence-electron chi connectivity index (χ3n) is 8.60. The Bertz CT molecular complexity index is 1400. The molecular weight excluding hydrogens is 502 g/mol. The van der Waals surface area contributed by atoms with Gasteiger partial charge in [0.25, 0.3) is 0 Å². The quantitative estimate of drug-likeness (QED) is 0.505. The van der Waals surface area contributed by atoms with Gasteiger partial charge in [-0.2, -0.15) is 15.2 Å². The number of piperazine rings is 1.